The third-order valence-corrected chi connectivity index (χ3v) is 2.13. The smallest absolute Gasteiger partial charge is 0.171 e. The van der Waals surface area contributed by atoms with E-state index in [1.54, 1.807) is 6.92 Å². The molecule has 0 aromatic heterocycles. The summed E-state index contributed by atoms with van der Waals surface area (Å²) in [5.41, 5.74) is 0.616. The van der Waals surface area contributed by atoms with E-state index in [0.29, 0.717) is 12.1 Å². The highest BCUT2D eigenvalue weighted by atomic mass is 16.1. The predicted octanol–water partition coefficient (Wildman–Crippen LogP) is 2.03. The van der Waals surface area contributed by atoms with Crippen LogP contribution in [-0.2, 0) is 4.79 Å². The summed E-state index contributed by atoms with van der Waals surface area (Å²) in [6.45, 7) is 11.6. The van der Waals surface area contributed by atoms with Crippen molar-refractivity contribution in [2.45, 2.75) is 26.3 Å². The molecule has 0 radical (unpaired) electrons. The molecule has 0 aromatic carbocycles. The Morgan fingerprint density at radius 3 is 2.46 bits per heavy atom. The molecule has 0 aliphatic heterocycles. The van der Waals surface area contributed by atoms with Gasteiger partial charge in [0.1, 0.15) is 0 Å². The molecular weight excluding hydrogens is 162 g/mol. The summed E-state index contributed by atoms with van der Waals surface area (Å²) < 4.78 is 0. The van der Waals surface area contributed by atoms with Gasteiger partial charge in [-0.25, -0.2) is 0 Å². The highest BCUT2D eigenvalue weighted by Crippen LogP contribution is 2.03. The summed E-state index contributed by atoms with van der Waals surface area (Å²) in [5.74, 6) is 0.0998. The lowest BCUT2D eigenvalue weighted by atomic mass is 10.1. The Balaban J connectivity index is 4.12. The lowest BCUT2D eigenvalue weighted by Crippen LogP contribution is -2.34. The zero-order valence-corrected chi connectivity index (χ0v) is 8.84. The minimum absolute atomic E-state index is 0.0998. The Hall–Kier alpha value is -0.890. The number of rotatable bonds is 6. The fourth-order valence-corrected chi connectivity index (χ4v) is 1.14. The van der Waals surface area contributed by atoms with E-state index in [4.69, 9.17) is 0 Å². The number of hydrogen-bond donors (Lipinski definition) is 0. The van der Waals surface area contributed by atoms with Crippen molar-refractivity contribution < 1.29 is 4.79 Å². The minimum Gasteiger partial charge on any atom is -0.293 e. The highest BCUT2D eigenvalue weighted by molar-refractivity contribution is 5.95. The molecule has 0 N–H and O–H groups in total. The summed E-state index contributed by atoms with van der Waals surface area (Å²) in [6.07, 6.45) is 2.84. The molecule has 0 aliphatic carbocycles. The molecule has 0 spiro atoms. The maximum atomic E-state index is 11.3. The molecule has 0 saturated carbocycles. The lowest BCUT2D eigenvalue weighted by Gasteiger charge is -2.23. The standard InChI is InChI=1S/C11H19NO/c1-6-10(7-2)12(5)8-11(13)9(3)4/h6,10H,1,3,7-8H2,2,4-5H3/t10-/m0/s1. The molecule has 0 amide bonds. The van der Waals surface area contributed by atoms with E-state index < -0.39 is 0 Å². The molecule has 0 saturated heterocycles. The molecule has 0 aromatic rings. The third kappa shape index (κ3) is 4.04. The molecule has 0 unspecified atom stereocenters. The van der Waals surface area contributed by atoms with Gasteiger partial charge in [0.15, 0.2) is 5.78 Å². The van der Waals surface area contributed by atoms with E-state index in [9.17, 15) is 4.79 Å². The monoisotopic (exact) mass is 181 g/mol. The maximum absolute atomic E-state index is 11.3. The first kappa shape index (κ1) is 12.1. The maximum Gasteiger partial charge on any atom is 0.171 e. The number of nitrogens with zero attached hydrogens (tertiary/aromatic N) is 1. The van der Waals surface area contributed by atoms with Crippen molar-refractivity contribution in [1.82, 2.24) is 4.90 Å². The molecule has 0 fully saturated rings. The molecule has 2 nitrogen and oxygen atoms in total. The third-order valence-electron chi connectivity index (χ3n) is 2.13. The first-order valence-electron chi connectivity index (χ1n) is 4.54. The molecule has 74 valence electrons. The van der Waals surface area contributed by atoms with E-state index in [1.807, 2.05) is 18.0 Å². The van der Waals surface area contributed by atoms with Crippen LogP contribution in [0, 0.1) is 0 Å². The van der Waals surface area contributed by atoms with Crippen molar-refractivity contribution >= 4 is 5.78 Å². The van der Waals surface area contributed by atoms with Crippen molar-refractivity contribution in [2.24, 2.45) is 0 Å². The molecule has 0 aliphatic rings. The summed E-state index contributed by atoms with van der Waals surface area (Å²) in [4.78, 5) is 13.3. The second-order valence-electron chi connectivity index (χ2n) is 3.33. The average Bonchev–Trinajstić information content (AvgIpc) is 2.06. The van der Waals surface area contributed by atoms with Gasteiger partial charge in [0, 0.05) is 6.04 Å². The SMILES string of the molecule is C=C[C@@H](CC)N(C)CC(=O)C(=C)C. The molecule has 0 rings (SSSR count). The van der Waals surface area contributed by atoms with Gasteiger partial charge in [0.2, 0.25) is 0 Å². The van der Waals surface area contributed by atoms with Gasteiger partial charge >= 0.3 is 0 Å². The number of carbonyl (C=O) groups is 1. The van der Waals surface area contributed by atoms with E-state index >= 15 is 0 Å². The molecule has 13 heavy (non-hydrogen) atoms. The van der Waals surface area contributed by atoms with Crippen LogP contribution in [-0.4, -0.2) is 30.3 Å². The van der Waals surface area contributed by atoms with Gasteiger partial charge in [-0.05, 0) is 26.0 Å². The van der Waals surface area contributed by atoms with Gasteiger partial charge in [0.05, 0.1) is 6.54 Å². The topological polar surface area (TPSA) is 20.3 Å². The van der Waals surface area contributed by atoms with Crippen molar-refractivity contribution in [2.75, 3.05) is 13.6 Å². The van der Waals surface area contributed by atoms with E-state index in [2.05, 4.69) is 20.1 Å². The quantitative estimate of drug-likeness (QED) is 0.461. The van der Waals surface area contributed by atoms with Gasteiger partial charge in [-0.2, -0.15) is 0 Å². The van der Waals surface area contributed by atoms with Gasteiger partial charge in [-0.15, -0.1) is 6.58 Å². The fourth-order valence-electron chi connectivity index (χ4n) is 1.14. The Morgan fingerprint density at radius 2 is 2.15 bits per heavy atom. The van der Waals surface area contributed by atoms with Crippen LogP contribution in [0.2, 0.25) is 0 Å². The minimum atomic E-state index is 0.0998. The summed E-state index contributed by atoms with van der Waals surface area (Å²) in [7, 11) is 1.93. The largest absolute Gasteiger partial charge is 0.293 e. The Kier molecular flexibility index (Phi) is 5.31. The molecule has 2 heteroatoms. The van der Waals surface area contributed by atoms with Gasteiger partial charge in [0.25, 0.3) is 0 Å². The first-order valence-corrected chi connectivity index (χ1v) is 4.54. The number of likely N-dealkylation sites (N-methyl/N-ethyl adjacent to an activating group) is 1. The van der Waals surface area contributed by atoms with Gasteiger partial charge < -0.3 is 0 Å². The lowest BCUT2D eigenvalue weighted by molar-refractivity contribution is -0.116. The fraction of sp³-hybridized carbons (Fsp3) is 0.545. The van der Waals surface area contributed by atoms with Crippen LogP contribution in [0.25, 0.3) is 0 Å². The highest BCUT2D eigenvalue weighted by Gasteiger charge is 2.12. The van der Waals surface area contributed by atoms with Crippen LogP contribution in [0.4, 0.5) is 0 Å². The van der Waals surface area contributed by atoms with E-state index in [-0.39, 0.29) is 11.8 Å². The van der Waals surface area contributed by atoms with Crippen molar-refractivity contribution in [3.05, 3.63) is 24.8 Å². The average molecular weight is 181 g/mol. The van der Waals surface area contributed by atoms with Crippen LogP contribution in [0.1, 0.15) is 20.3 Å². The van der Waals surface area contributed by atoms with Crippen molar-refractivity contribution in [3.8, 4) is 0 Å². The Labute approximate surface area is 80.9 Å². The number of hydrogen-bond acceptors (Lipinski definition) is 2. The summed E-state index contributed by atoms with van der Waals surface area (Å²) >= 11 is 0. The number of ketones is 1. The van der Waals surface area contributed by atoms with Crippen LogP contribution >= 0.6 is 0 Å². The van der Waals surface area contributed by atoms with Crippen molar-refractivity contribution in [3.63, 3.8) is 0 Å². The van der Waals surface area contributed by atoms with E-state index in [0.717, 1.165) is 6.42 Å². The Bertz CT molecular complexity index is 208. The molecule has 0 heterocycles. The first-order chi connectivity index (χ1) is 6.02. The van der Waals surface area contributed by atoms with E-state index in [1.165, 1.54) is 0 Å². The molecular formula is C11H19NO. The van der Waals surface area contributed by atoms with Crippen LogP contribution < -0.4 is 0 Å². The second kappa shape index (κ2) is 5.70. The molecule has 0 bridgehead atoms. The molecule has 1 atom stereocenters. The predicted molar refractivity (Wildman–Crippen MR) is 56.7 cm³/mol. The van der Waals surface area contributed by atoms with Gasteiger partial charge in [-0.1, -0.05) is 19.6 Å². The normalized spacial score (nSPS) is 12.6. The van der Waals surface area contributed by atoms with Crippen LogP contribution in [0.3, 0.4) is 0 Å². The number of carbonyl (C=O) groups excluding carboxylic acids is 1. The van der Waals surface area contributed by atoms with Crippen LogP contribution in [0.5, 0.6) is 0 Å². The van der Waals surface area contributed by atoms with Crippen molar-refractivity contribution in [1.29, 1.82) is 0 Å². The number of Topliss-reactive ketones (excluding diaryl/α,β-unsaturated/α-hetero) is 1. The summed E-state index contributed by atoms with van der Waals surface area (Å²) in [6, 6.07) is 0.281. The summed E-state index contributed by atoms with van der Waals surface area (Å²) in [5, 5.41) is 0. The van der Waals surface area contributed by atoms with Crippen LogP contribution in [0.15, 0.2) is 24.8 Å². The zero-order chi connectivity index (χ0) is 10.4. The van der Waals surface area contributed by atoms with Gasteiger partial charge in [-0.3, -0.25) is 9.69 Å². The zero-order valence-electron chi connectivity index (χ0n) is 8.84. The Morgan fingerprint density at radius 1 is 1.62 bits per heavy atom. The second-order valence-corrected chi connectivity index (χ2v) is 3.33.